The van der Waals surface area contributed by atoms with E-state index in [4.69, 9.17) is 5.84 Å². The highest BCUT2D eigenvalue weighted by Gasteiger charge is 2.21. The van der Waals surface area contributed by atoms with E-state index in [2.05, 4.69) is 108 Å². The molecule has 2 heterocycles. The molecule has 188 valence electrons. The van der Waals surface area contributed by atoms with Crippen LogP contribution >= 0.6 is 11.3 Å². The lowest BCUT2D eigenvalue weighted by Gasteiger charge is -2.24. The summed E-state index contributed by atoms with van der Waals surface area (Å²) in [4.78, 5) is 12.3. The van der Waals surface area contributed by atoms with Gasteiger partial charge in [-0.05, 0) is 68.6 Å². The fraction of sp³-hybridized carbons (Fsp3) is 0.321. The molecule has 36 heavy (non-hydrogen) atoms. The molecule has 2 atom stereocenters. The first-order valence-electron chi connectivity index (χ1n) is 12.1. The molecule has 0 spiro atoms. The van der Waals surface area contributed by atoms with Gasteiger partial charge in [0.2, 0.25) is 0 Å². The third-order valence-electron chi connectivity index (χ3n) is 6.59. The first-order chi connectivity index (χ1) is 17.4. The topological polar surface area (TPSA) is 90.4 Å². The summed E-state index contributed by atoms with van der Waals surface area (Å²) in [7, 11) is 4.27. The van der Waals surface area contributed by atoms with Crippen molar-refractivity contribution in [1.29, 1.82) is 0 Å². The van der Waals surface area contributed by atoms with Gasteiger partial charge in [0.25, 0.3) is 0 Å². The fourth-order valence-electron chi connectivity index (χ4n) is 4.38. The monoisotopic (exact) mass is 501 g/mol. The van der Waals surface area contributed by atoms with Crippen molar-refractivity contribution >= 4 is 45.9 Å². The van der Waals surface area contributed by atoms with Crippen molar-refractivity contribution in [3.8, 4) is 11.1 Å². The number of hydrazone groups is 1. The predicted octanol–water partition coefficient (Wildman–Crippen LogP) is 4.79. The van der Waals surface area contributed by atoms with Gasteiger partial charge in [-0.15, -0.1) is 11.3 Å². The second-order valence-electron chi connectivity index (χ2n) is 9.26. The number of hydrogen-bond donors (Lipinski definition) is 3. The maximum atomic E-state index is 5.09. The van der Waals surface area contributed by atoms with E-state index >= 15 is 0 Å². The third kappa shape index (κ3) is 5.56. The molecule has 0 fully saturated rings. The minimum Gasteiger partial charge on any atom is -0.345 e. The normalized spacial score (nSPS) is 17.1. The zero-order chi connectivity index (χ0) is 25.7. The molecule has 0 aliphatic carbocycles. The van der Waals surface area contributed by atoms with Crippen LogP contribution in [-0.4, -0.2) is 57.0 Å². The van der Waals surface area contributed by atoms with Crippen molar-refractivity contribution in [2.45, 2.75) is 33.0 Å². The van der Waals surface area contributed by atoms with E-state index in [1.807, 2.05) is 11.3 Å². The Morgan fingerprint density at radius 2 is 2.00 bits per heavy atom. The number of thiophene rings is 1. The lowest BCUT2D eigenvalue weighted by atomic mass is 9.93. The maximum absolute atomic E-state index is 5.09. The van der Waals surface area contributed by atoms with E-state index in [0.717, 1.165) is 11.3 Å². The molecule has 4 N–H and O–H groups in total. The molecule has 0 radical (unpaired) electrons. The Hall–Kier alpha value is -3.33. The number of benzene rings is 2. The van der Waals surface area contributed by atoms with Crippen molar-refractivity contribution in [3.63, 3.8) is 0 Å². The average molecular weight is 502 g/mol. The minimum absolute atomic E-state index is 0.0892. The van der Waals surface area contributed by atoms with Crippen molar-refractivity contribution in [3.05, 3.63) is 64.0 Å². The number of nitrogens with one attached hydrogen (secondary N) is 2. The van der Waals surface area contributed by atoms with E-state index in [9.17, 15) is 0 Å². The van der Waals surface area contributed by atoms with Gasteiger partial charge >= 0.3 is 0 Å². The second-order valence-corrected chi connectivity index (χ2v) is 10.3. The molecule has 4 rings (SSSR count). The highest BCUT2D eigenvalue weighted by Crippen LogP contribution is 2.41. The van der Waals surface area contributed by atoms with Gasteiger partial charge in [0.05, 0.1) is 29.7 Å². The maximum Gasteiger partial charge on any atom is 0.125 e. The molecule has 1 aliphatic rings. The highest BCUT2D eigenvalue weighted by atomic mass is 32.1. The average Bonchev–Trinajstić information content (AvgIpc) is 3.30. The standard InChI is InChI=1S/C28H35N7S/c1-18-9-10-22(20(3)35(4)5)24(15-18)23-8-6-7-21-16-25(36-27(21)23)26-19(2)28(33-17-32-26)31-13-11-30-12-14-34-29/h6-10,12,14-17,20,28,31H,11,13,29H2,1-5H3,(H,32,33)/b30-12?,34-14-. The molecule has 1 aliphatic heterocycles. The van der Waals surface area contributed by atoms with E-state index < -0.39 is 0 Å². The van der Waals surface area contributed by atoms with Crippen LogP contribution in [0.5, 0.6) is 0 Å². The molecule has 0 saturated carbocycles. The van der Waals surface area contributed by atoms with Gasteiger partial charge in [-0.2, -0.15) is 5.10 Å². The first kappa shape index (κ1) is 25.8. The molecule has 1 aromatic heterocycles. The highest BCUT2D eigenvalue weighted by molar-refractivity contribution is 7.20. The number of nitrogens with two attached hydrogens (primary N) is 1. The Labute approximate surface area is 217 Å². The Morgan fingerprint density at radius 1 is 1.17 bits per heavy atom. The van der Waals surface area contributed by atoms with Crippen LogP contribution in [0, 0.1) is 6.92 Å². The van der Waals surface area contributed by atoms with Crippen LogP contribution in [0.3, 0.4) is 0 Å². The van der Waals surface area contributed by atoms with Crippen LogP contribution in [0.15, 0.2) is 63.1 Å². The summed E-state index contributed by atoms with van der Waals surface area (Å²) in [6, 6.07) is 16.0. The van der Waals surface area contributed by atoms with Gasteiger partial charge in [-0.1, -0.05) is 42.0 Å². The van der Waals surface area contributed by atoms with Crippen LogP contribution in [0.2, 0.25) is 0 Å². The zero-order valence-corrected chi connectivity index (χ0v) is 22.4. The van der Waals surface area contributed by atoms with Gasteiger partial charge in [-0.25, -0.2) is 0 Å². The smallest absolute Gasteiger partial charge is 0.125 e. The largest absolute Gasteiger partial charge is 0.345 e. The van der Waals surface area contributed by atoms with E-state index in [0.29, 0.717) is 19.1 Å². The SMILES string of the molecule is CC1=C(c2cc3cccc(-c4cc(C)ccc4C(C)N(C)C)c3s2)NC=NC1NCCN=C/C=N\N. The molecule has 0 amide bonds. The van der Waals surface area contributed by atoms with Gasteiger partial charge in [0, 0.05) is 23.5 Å². The quantitative estimate of drug-likeness (QED) is 0.170. The van der Waals surface area contributed by atoms with Crippen LogP contribution in [-0.2, 0) is 0 Å². The number of aliphatic imine (C=N–C) groups is 2. The second kappa shape index (κ2) is 11.6. The van der Waals surface area contributed by atoms with Crippen LogP contribution < -0.4 is 16.5 Å². The van der Waals surface area contributed by atoms with Gasteiger partial charge in [0.15, 0.2) is 0 Å². The molecule has 0 saturated heterocycles. The molecular formula is C28H35N7S. The van der Waals surface area contributed by atoms with E-state index in [-0.39, 0.29) is 6.17 Å². The van der Waals surface area contributed by atoms with Crippen molar-refractivity contribution in [2.75, 3.05) is 27.2 Å². The summed E-state index contributed by atoms with van der Waals surface area (Å²) < 4.78 is 1.30. The lowest BCUT2D eigenvalue weighted by Crippen LogP contribution is -2.35. The molecule has 7 nitrogen and oxygen atoms in total. The minimum atomic E-state index is -0.0892. The number of rotatable bonds is 9. The van der Waals surface area contributed by atoms with Gasteiger partial charge in [0.1, 0.15) is 6.17 Å². The number of nitrogens with zero attached hydrogens (tertiary/aromatic N) is 4. The summed E-state index contributed by atoms with van der Waals surface area (Å²) in [6.45, 7) is 7.89. The third-order valence-corrected chi connectivity index (χ3v) is 7.79. The van der Waals surface area contributed by atoms with Crippen LogP contribution in [0.1, 0.15) is 35.9 Å². The predicted molar refractivity (Wildman–Crippen MR) is 156 cm³/mol. The summed E-state index contributed by atoms with van der Waals surface area (Å²) in [5.41, 5.74) is 7.48. The summed E-state index contributed by atoms with van der Waals surface area (Å²) >= 11 is 1.83. The molecule has 8 heteroatoms. The summed E-state index contributed by atoms with van der Waals surface area (Å²) in [5.74, 6) is 5.09. The van der Waals surface area contributed by atoms with Crippen molar-refractivity contribution in [1.82, 2.24) is 15.5 Å². The van der Waals surface area contributed by atoms with E-state index in [1.54, 1.807) is 12.6 Å². The van der Waals surface area contributed by atoms with Gasteiger partial charge in [-0.3, -0.25) is 15.3 Å². The molecular weight excluding hydrogens is 466 g/mol. The van der Waals surface area contributed by atoms with E-state index in [1.165, 1.54) is 43.4 Å². The van der Waals surface area contributed by atoms with Crippen LogP contribution in [0.4, 0.5) is 0 Å². The van der Waals surface area contributed by atoms with Crippen molar-refractivity contribution < 1.29 is 0 Å². The van der Waals surface area contributed by atoms with Crippen LogP contribution in [0.25, 0.3) is 26.9 Å². The van der Waals surface area contributed by atoms with Crippen molar-refractivity contribution in [2.24, 2.45) is 20.9 Å². The Morgan fingerprint density at radius 3 is 2.78 bits per heavy atom. The number of fused-ring (bicyclic) bond motifs is 1. The summed E-state index contributed by atoms with van der Waals surface area (Å²) in [5, 5.41) is 11.5. The first-order valence-corrected chi connectivity index (χ1v) is 13.0. The molecule has 2 unspecified atom stereocenters. The lowest BCUT2D eigenvalue weighted by molar-refractivity contribution is 0.322. The Kier molecular flexibility index (Phi) is 8.30. The van der Waals surface area contributed by atoms with Gasteiger partial charge < -0.3 is 16.1 Å². The summed E-state index contributed by atoms with van der Waals surface area (Å²) in [6.07, 6.45) is 4.78. The molecule has 2 aromatic carbocycles. The zero-order valence-electron chi connectivity index (χ0n) is 21.6. The fourth-order valence-corrected chi connectivity index (χ4v) is 5.64. The molecule has 3 aromatic rings. The Bertz CT molecular complexity index is 1330. The number of aryl methyl sites for hydroxylation is 1. The number of hydrogen-bond acceptors (Lipinski definition) is 8. The molecule has 0 bridgehead atoms. The Balaban J connectivity index is 1.67.